The molecule has 0 radical (unpaired) electrons. The first-order valence-corrected chi connectivity index (χ1v) is 6.19. The van der Waals surface area contributed by atoms with Crippen molar-refractivity contribution in [2.45, 2.75) is 25.9 Å². The van der Waals surface area contributed by atoms with Gasteiger partial charge in [-0.1, -0.05) is 0 Å². The highest BCUT2D eigenvalue weighted by atomic mass is 16.5. The lowest BCUT2D eigenvalue weighted by Crippen LogP contribution is -2.51. The lowest BCUT2D eigenvalue weighted by Gasteiger charge is -2.28. The topological polar surface area (TPSA) is 88.1 Å². The Balaban J connectivity index is 4.44. The first-order valence-electron chi connectivity index (χ1n) is 6.19. The zero-order valence-electron chi connectivity index (χ0n) is 12.0. The molecule has 7 heteroatoms. The second kappa shape index (κ2) is 9.71. The maximum absolute atomic E-state index is 11.9. The van der Waals surface area contributed by atoms with Gasteiger partial charge < -0.3 is 19.9 Å². The molecule has 0 aliphatic carbocycles. The van der Waals surface area contributed by atoms with Crippen LogP contribution in [0.15, 0.2) is 0 Å². The van der Waals surface area contributed by atoms with E-state index < -0.39 is 18.1 Å². The number of nitrogens with zero attached hydrogens (tertiary/aromatic N) is 1. The summed E-state index contributed by atoms with van der Waals surface area (Å²) in [6.45, 7) is 5.31. The smallest absolute Gasteiger partial charge is 0.325 e. The third kappa shape index (κ3) is 7.09. The van der Waals surface area contributed by atoms with Gasteiger partial charge in [-0.3, -0.25) is 14.5 Å². The molecule has 0 aromatic rings. The van der Waals surface area contributed by atoms with Crippen LogP contribution >= 0.6 is 0 Å². The number of hydrogen-bond acceptors (Lipinski definition) is 5. The van der Waals surface area contributed by atoms with Crippen LogP contribution in [0.5, 0.6) is 0 Å². The molecule has 0 aromatic carbocycles. The van der Waals surface area contributed by atoms with Crippen LogP contribution in [0.1, 0.15) is 13.8 Å². The molecule has 0 rings (SSSR count). The van der Waals surface area contributed by atoms with Crippen molar-refractivity contribution < 1.29 is 24.2 Å². The highest BCUT2D eigenvalue weighted by Gasteiger charge is 2.23. The molecule has 0 saturated carbocycles. The van der Waals surface area contributed by atoms with E-state index in [1.165, 1.54) is 6.92 Å². The first-order chi connectivity index (χ1) is 8.93. The predicted molar refractivity (Wildman–Crippen MR) is 70.0 cm³/mol. The Labute approximate surface area is 113 Å². The number of aliphatic carboxylic acids is 1. The Morgan fingerprint density at radius 1 is 1.16 bits per heavy atom. The second-order valence-electron chi connectivity index (χ2n) is 4.27. The quantitative estimate of drug-likeness (QED) is 0.562. The van der Waals surface area contributed by atoms with Crippen molar-refractivity contribution in [3.8, 4) is 0 Å². The van der Waals surface area contributed by atoms with E-state index in [0.29, 0.717) is 26.3 Å². The van der Waals surface area contributed by atoms with Crippen molar-refractivity contribution in [1.82, 2.24) is 10.2 Å². The first kappa shape index (κ1) is 17.8. The predicted octanol–water partition coefficient (Wildman–Crippen LogP) is -0.441. The fourth-order valence-electron chi connectivity index (χ4n) is 1.48. The van der Waals surface area contributed by atoms with Gasteiger partial charge in [-0.25, -0.2) is 0 Å². The highest BCUT2D eigenvalue weighted by molar-refractivity contribution is 5.86. The average Bonchev–Trinajstić information content (AvgIpc) is 2.37. The SMILES string of the molecule is COCCN(CCOC)C(C)C(=O)NC(C)C(=O)O. The number of hydrogen-bond donors (Lipinski definition) is 2. The Hall–Kier alpha value is -1.18. The molecule has 0 fully saturated rings. The zero-order chi connectivity index (χ0) is 14.8. The molecule has 19 heavy (non-hydrogen) atoms. The molecule has 2 N–H and O–H groups in total. The number of methoxy groups -OCH3 is 2. The minimum Gasteiger partial charge on any atom is -0.480 e. The van der Waals surface area contributed by atoms with E-state index in [-0.39, 0.29) is 5.91 Å². The van der Waals surface area contributed by atoms with Gasteiger partial charge in [0.25, 0.3) is 0 Å². The van der Waals surface area contributed by atoms with Crippen LogP contribution in [0.3, 0.4) is 0 Å². The summed E-state index contributed by atoms with van der Waals surface area (Å²) >= 11 is 0. The van der Waals surface area contributed by atoms with Crippen molar-refractivity contribution in [2.75, 3.05) is 40.5 Å². The molecule has 1 amide bonds. The molecular formula is C12H24N2O5. The number of nitrogens with one attached hydrogen (secondary N) is 1. The molecule has 0 spiro atoms. The molecule has 2 unspecified atom stereocenters. The van der Waals surface area contributed by atoms with Gasteiger partial charge in [0, 0.05) is 27.3 Å². The van der Waals surface area contributed by atoms with Crippen molar-refractivity contribution in [3.63, 3.8) is 0 Å². The Bertz CT molecular complexity index is 277. The molecule has 0 saturated heterocycles. The van der Waals surface area contributed by atoms with E-state index in [0.717, 1.165) is 0 Å². The molecule has 2 atom stereocenters. The van der Waals surface area contributed by atoms with Gasteiger partial charge in [-0.05, 0) is 13.8 Å². The van der Waals surface area contributed by atoms with Gasteiger partial charge in [0.15, 0.2) is 0 Å². The number of carboxylic acid groups (broad SMARTS) is 1. The third-order valence-electron chi connectivity index (χ3n) is 2.82. The van der Waals surface area contributed by atoms with E-state index >= 15 is 0 Å². The van der Waals surface area contributed by atoms with Crippen LogP contribution < -0.4 is 5.32 Å². The molecule has 0 aliphatic rings. The van der Waals surface area contributed by atoms with Gasteiger partial charge in [0.1, 0.15) is 6.04 Å². The maximum Gasteiger partial charge on any atom is 0.325 e. The maximum atomic E-state index is 11.9. The monoisotopic (exact) mass is 276 g/mol. The van der Waals surface area contributed by atoms with E-state index in [1.54, 1.807) is 21.1 Å². The fraction of sp³-hybridized carbons (Fsp3) is 0.833. The van der Waals surface area contributed by atoms with Gasteiger partial charge in [-0.15, -0.1) is 0 Å². The van der Waals surface area contributed by atoms with Crippen LogP contribution in [-0.4, -0.2) is 74.5 Å². The lowest BCUT2D eigenvalue weighted by molar-refractivity contribution is -0.142. The minimum atomic E-state index is -1.05. The van der Waals surface area contributed by atoms with Crippen LogP contribution in [0.2, 0.25) is 0 Å². The van der Waals surface area contributed by atoms with Gasteiger partial charge in [0.2, 0.25) is 5.91 Å². The van der Waals surface area contributed by atoms with E-state index in [2.05, 4.69) is 5.32 Å². The van der Waals surface area contributed by atoms with Crippen LogP contribution in [0, 0.1) is 0 Å². The largest absolute Gasteiger partial charge is 0.480 e. The van der Waals surface area contributed by atoms with Crippen molar-refractivity contribution in [3.05, 3.63) is 0 Å². The molecule has 7 nitrogen and oxygen atoms in total. The van der Waals surface area contributed by atoms with E-state index in [1.807, 2.05) is 4.90 Å². The normalized spacial score (nSPS) is 14.2. The number of ether oxygens (including phenoxy) is 2. The summed E-state index contributed by atoms with van der Waals surface area (Å²) in [7, 11) is 3.18. The molecule has 0 bridgehead atoms. The van der Waals surface area contributed by atoms with Gasteiger partial charge in [0.05, 0.1) is 19.3 Å². The van der Waals surface area contributed by atoms with Crippen molar-refractivity contribution >= 4 is 11.9 Å². The molecule has 0 heterocycles. The second-order valence-corrected chi connectivity index (χ2v) is 4.27. The fourth-order valence-corrected chi connectivity index (χ4v) is 1.48. The summed E-state index contributed by atoms with van der Waals surface area (Å²) in [4.78, 5) is 24.5. The summed E-state index contributed by atoms with van der Waals surface area (Å²) in [5.74, 6) is -1.37. The summed E-state index contributed by atoms with van der Waals surface area (Å²) in [6.07, 6.45) is 0. The number of carbonyl (C=O) groups excluding carboxylic acids is 1. The van der Waals surface area contributed by atoms with E-state index in [4.69, 9.17) is 14.6 Å². The standard InChI is InChI=1S/C12H24N2O5/c1-9(12(16)17)13-11(15)10(2)14(5-7-18-3)6-8-19-4/h9-10H,5-8H2,1-4H3,(H,13,15)(H,16,17). The molecular weight excluding hydrogens is 252 g/mol. The van der Waals surface area contributed by atoms with Crippen molar-refractivity contribution in [1.29, 1.82) is 0 Å². The van der Waals surface area contributed by atoms with Crippen LogP contribution in [0.4, 0.5) is 0 Å². The van der Waals surface area contributed by atoms with Crippen molar-refractivity contribution in [2.24, 2.45) is 0 Å². The van der Waals surface area contributed by atoms with Gasteiger partial charge >= 0.3 is 5.97 Å². The van der Waals surface area contributed by atoms with Gasteiger partial charge in [-0.2, -0.15) is 0 Å². The zero-order valence-corrected chi connectivity index (χ0v) is 12.0. The lowest BCUT2D eigenvalue weighted by atomic mass is 10.2. The highest BCUT2D eigenvalue weighted by Crippen LogP contribution is 2.00. The average molecular weight is 276 g/mol. The minimum absolute atomic E-state index is 0.317. The molecule has 112 valence electrons. The number of amides is 1. The summed E-state index contributed by atoms with van der Waals surface area (Å²) in [6, 6.07) is -1.34. The third-order valence-corrected chi connectivity index (χ3v) is 2.82. The van der Waals surface area contributed by atoms with Crippen LogP contribution in [-0.2, 0) is 19.1 Å². The Morgan fingerprint density at radius 2 is 1.63 bits per heavy atom. The van der Waals surface area contributed by atoms with Crippen LogP contribution in [0.25, 0.3) is 0 Å². The summed E-state index contributed by atoms with van der Waals surface area (Å²) < 4.78 is 9.99. The molecule has 0 aromatic heterocycles. The number of carboxylic acids is 1. The Morgan fingerprint density at radius 3 is 2.00 bits per heavy atom. The number of carbonyl (C=O) groups is 2. The number of rotatable bonds is 10. The summed E-state index contributed by atoms with van der Waals surface area (Å²) in [5.41, 5.74) is 0. The van der Waals surface area contributed by atoms with E-state index in [9.17, 15) is 9.59 Å². The Kier molecular flexibility index (Phi) is 9.11. The summed E-state index contributed by atoms with van der Waals surface area (Å²) in [5, 5.41) is 11.2. The molecule has 0 aliphatic heterocycles.